The third kappa shape index (κ3) is 3.06. The number of nitrogen functional groups attached to an aromatic ring is 1. The molecule has 1 aromatic heterocycles. The maximum Gasteiger partial charge on any atom is 0.125 e. The van der Waals surface area contributed by atoms with Gasteiger partial charge in [0, 0.05) is 11.1 Å². The van der Waals surface area contributed by atoms with Gasteiger partial charge in [-0.15, -0.1) is 0 Å². The Morgan fingerprint density at radius 2 is 1.95 bits per heavy atom. The van der Waals surface area contributed by atoms with E-state index in [2.05, 4.69) is 4.98 Å². The van der Waals surface area contributed by atoms with E-state index in [9.17, 15) is 0 Å². The molecule has 0 aliphatic heterocycles. The minimum Gasteiger partial charge on any atom is -0.497 e. The number of amidine groups is 1. The van der Waals surface area contributed by atoms with Gasteiger partial charge in [-0.2, -0.15) is 0 Å². The lowest BCUT2D eigenvalue weighted by molar-refractivity contribution is 0.414. The zero-order chi connectivity index (χ0) is 13.8. The lowest BCUT2D eigenvalue weighted by Crippen LogP contribution is -2.14. The Balaban J connectivity index is 2.32. The summed E-state index contributed by atoms with van der Waals surface area (Å²) >= 11 is 1.49. The average Bonchev–Trinajstić information content (AvgIpc) is 2.39. The van der Waals surface area contributed by atoms with E-state index in [1.165, 1.54) is 11.8 Å². The minimum absolute atomic E-state index is 0.0432. The third-order valence-electron chi connectivity index (χ3n) is 2.67. The van der Waals surface area contributed by atoms with E-state index in [1.54, 1.807) is 13.3 Å². The van der Waals surface area contributed by atoms with Crippen LogP contribution in [0.5, 0.6) is 5.75 Å². The van der Waals surface area contributed by atoms with Crippen LogP contribution >= 0.6 is 11.8 Å². The number of aryl methyl sites for hydroxylation is 1. The van der Waals surface area contributed by atoms with Gasteiger partial charge in [-0.05, 0) is 42.8 Å². The number of aromatic nitrogens is 1. The van der Waals surface area contributed by atoms with Crippen LogP contribution in [-0.2, 0) is 0 Å². The molecule has 2 aromatic rings. The van der Waals surface area contributed by atoms with Crippen molar-refractivity contribution in [2.24, 2.45) is 5.73 Å². The van der Waals surface area contributed by atoms with Crippen LogP contribution in [-0.4, -0.2) is 17.9 Å². The number of pyridine rings is 1. The van der Waals surface area contributed by atoms with Crippen LogP contribution in [0, 0.1) is 12.3 Å². The van der Waals surface area contributed by atoms with E-state index in [0.717, 1.165) is 21.2 Å². The van der Waals surface area contributed by atoms with Crippen molar-refractivity contribution in [2.75, 3.05) is 7.11 Å². The zero-order valence-electron chi connectivity index (χ0n) is 10.8. The molecule has 0 saturated heterocycles. The number of methoxy groups -OCH3 is 1. The van der Waals surface area contributed by atoms with Gasteiger partial charge in [0.25, 0.3) is 0 Å². The largest absolute Gasteiger partial charge is 0.497 e. The second kappa shape index (κ2) is 5.75. The Bertz CT molecular complexity index is 596. The first-order valence-electron chi connectivity index (χ1n) is 5.73. The van der Waals surface area contributed by atoms with E-state index in [0.29, 0.717) is 5.56 Å². The van der Waals surface area contributed by atoms with Gasteiger partial charge in [0.1, 0.15) is 16.6 Å². The minimum atomic E-state index is 0.0432. The number of nitrogens with two attached hydrogens (primary N) is 1. The van der Waals surface area contributed by atoms with Crippen molar-refractivity contribution in [2.45, 2.75) is 16.8 Å². The molecule has 5 heteroatoms. The number of rotatable bonds is 4. The summed E-state index contributed by atoms with van der Waals surface area (Å²) in [5.41, 5.74) is 7.28. The summed E-state index contributed by atoms with van der Waals surface area (Å²) in [4.78, 5) is 5.34. The molecular weight excluding hydrogens is 258 g/mol. The number of nitrogens with one attached hydrogen (secondary N) is 1. The van der Waals surface area contributed by atoms with Gasteiger partial charge in [0.15, 0.2) is 0 Å². The maximum atomic E-state index is 7.65. The standard InChI is InChI=1S/C14H15N3OS/c1-9-7-8-17-14(12(9)13(15)16)19-11-5-3-10(18-2)4-6-11/h3-8H,1-2H3,(H3,15,16). The Morgan fingerprint density at radius 3 is 2.53 bits per heavy atom. The zero-order valence-corrected chi connectivity index (χ0v) is 11.6. The molecular formula is C14H15N3OS. The molecule has 0 aliphatic rings. The van der Waals surface area contributed by atoms with Crippen LogP contribution in [0.25, 0.3) is 0 Å². The second-order valence-corrected chi connectivity index (χ2v) is 5.06. The molecule has 0 unspecified atom stereocenters. The highest BCUT2D eigenvalue weighted by Crippen LogP contribution is 2.30. The van der Waals surface area contributed by atoms with Crippen LogP contribution in [0.4, 0.5) is 0 Å². The van der Waals surface area contributed by atoms with Gasteiger partial charge in [-0.1, -0.05) is 11.8 Å². The first-order valence-corrected chi connectivity index (χ1v) is 6.55. The third-order valence-corrected chi connectivity index (χ3v) is 3.68. The monoisotopic (exact) mass is 273 g/mol. The van der Waals surface area contributed by atoms with Crippen LogP contribution in [0.1, 0.15) is 11.1 Å². The van der Waals surface area contributed by atoms with Crippen molar-refractivity contribution < 1.29 is 4.74 Å². The van der Waals surface area contributed by atoms with Gasteiger partial charge in [-0.25, -0.2) is 4.98 Å². The molecule has 0 saturated carbocycles. The van der Waals surface area contributed by atoms with Crippen LogP contribution in [0.15, 0.2) is 46.5 Å². The van der Waals surface area contributed by atoms with E-state index in [1.807, 2.05) is 37.3 Å². The summed E-state index contributed by atoms with van der Waals surface area (Å²) in [6.07, 6.45) is 1.73. The highest BCUT2D eigenvalue weighted by molar-refractivity contribution is 7.99. The molecule has 19 heavy (non-hydrogen) atoms. The summed E-state index contributed by atoms with van der Waals surface area (Å²) in [6, 6.07) is 9.56. The highest BCUT2D eigenvalue weighted by atomic mass is 32.2. The van der Waals surface area contributed by atoms with Crippen molar-refractivity contribution >= 4 is 17.6 Å². The molecule has 0 bridgehead atoms. The number of hydrogen-bond donors (Lipinski definition) is 2. The molecule has 0 radical (unpaired) electrons. The SMILES string of the molecule is COc1ccc(Sc2nccc(C)c2C(=N)N)cc1. The second-order valence-electron chi connectivity index (χ2n) is 4.00. The molecule has 98 valence electrons. The molecule has 1 heterocycles. The van der Waals surface area contributed by atoms with Crippen molar-refractivity contribution in [3.63, 3.8) is 0 Å². The first-order chi connectivity index (χ1) is 9.11. The number of benzene rings is 1. The number of nitrogens with zero attached hydrogens (tertiary/aromatic N) is 1. The average molecular weight is 273 g/mol. The van der Waals surface area contributed by atoms with Crippen LogP contribution in [0.3, 0.4) is 0 Å². The Morgan fingerprint density at radius 1 is 1.26 bits per heavy atom. The summed E-state index contributed by atoms with van der Waals surface area (Å²) < 4.78 is 5.12. The molecule has 4 nitrogen and oxygen atoms in total. The van der Waals surface area contributed by atoms with E-state index in [-0.39, 0.29) is 5.84 Å². The predicted molar refractivity (Wildman–Crippen MR) is 77.1 cm³/mol. The van der Waals surface area contributed by atoms with Gasteiger partial charge < -0.3 is 10.5 Å². The normalized spacial score (nSPS) is 10.2. The van der Waals surface area contributed by atoms with Crippen LogP contribution < -0.4 is 10.5 Å². The molecule has 0 fully saturated rings. The van der Waals surface area contributed by atoms with Crippen molar-refractivity contribution in [1.29, 1.82) is 5.41 Å². The smallest absolute Gasteiger partial charge is 0.125 e. The molecule has 1 aromatic carbocycles. The van der Waals surface area contributed by atoms with E-state index >= 15 is 0 Å². The fraction of sp³-hybridized carbons (Fsp3) is 0.143. The highest BCUT2D eigenvalue weighted by Gasteiger charge is 2.11. The van der Waals surface area contributed by atoms with Gasteiger partial charge in [-0.3, -0.25) is 5.41 Å². The predicted octanol–water partition coefficient (Wildman–Crippen LogP) is 2.83. The number of ether oxygens (including phenoxy) is 1. The van der Waals surface area contributed by atoms with Gasteiger partial charge >= 0.3 is 0 Å². The lowest BCUT2D eigenvalue weighted by atomic mass is 10.1. The number of hydrogen-bond acceptors (Lipinski definition) is 4. The van der Waals surface area contributed by atoms with E-state index in [4.69, 9.17) is 15.9 Å². The van der Waals surface area contributed by atoms with Crippen molar-refractivity contribution in [3.8, 4) is 5.75 Å². The van der Waals surface area contributed by atoms with Gasteiger partial charge in [0.2, 0.25) is 0 Å². The quantitative estimate of drug-likeness (QED) is 0.663. The summed E-state index contributed by atoms with van der Waals surface area (Å²) in [7, 11) is 1.64. The van der Waals surface area contributed by atoms with Crippen molar-refractivity contribution in [1.82, 2.24) is 4.98 Å². The molecule has 0 amide bonds. The van der Waals surface area contributed by atoms with Crippen molar-refractivity contribution in [3.05, 3.63) is 47.7 Å². The molecule has 2 rings (SSSR count). The molecule has 0 atom stereocenters. The summed E-state index contributed by atoms with van der Waals surface area (Å²) in [6.45, 7) is 1.93. The molecule has 0 aliphatic carbocycles. The first kappa shape index (κ1) is 13.4. The van der Waals surface area contributed by atoms with E-state index < -0.39 is 0 Å². The topological polar surface area (TPSA) is 72.0 Å². The van der Waals surface area contributed by atoms with Gasteiger partial charge in [0.05, 0.1) is 12.7 Å². The Labute approximate surface area is 116 Å². The fourth-order valence-corrected chi connectivity index (χ4v) is 2.68. The Hall–Kier alpha value is -2.01. The fourth-order valence-electron chi connectivity index (χ4n) is 1.69. The molecule has 3 N–H and O–H groups in total. The Kier molecular flexibility index (Phi) is 4.06. The lowest BCUT2D eigenvalue weighted by Gasteiger charge is -2.09. The maximum absolute atomic E-state index is 7.65. The summed E-state index contributed by atoms with van der Waals surface area (Å²) in [5.74, 6) is 0.856. The summed E-state index contributed by atoms with van der Waals surface area (Å²) in [5, 5.41) is 8.40. The van der Waals surface area contributed by atoms with Crippen LogP contribution in [0.2, 0.25) is 0 Å². The molecule has 0 spiro atoms.